The maximum absolute atomic E-state index is 14.2. The van der Waals surface area contributed by atoms with Crippen LogP contribution in [0.25, 0.3) is 0 Å². The molecule has 120 valence electrons. The van der Waals surface area contributed by atoms with Gasteiger partial charge < -0.3 is 5.32 Å². The second-order valence-corrected chi connectivity index (χ2v) is 7.00. The molecule has 0 heterocycles. The van der Waals surface area contributed by atoms with Crippen LogP contribution in [0.2, 0.25) is 0 Å². The SMILES string of the molecule is CCNCc1ccc(S(=O)(=O)N(C)C(CC)CC)c(F)c1. The van der Waals surface area contributed by atoms with Crippen LogP contribution in [-0.4, -0.2) is 32.4 Å². The van der Waals surface area contributed by atoms with E-state index in [2.05, 4.69) is 5.32 Å². The average molecular weight is 316 g/mol. The second-order valence-electron chi connectivity index (χ2n) is 5.04. The van der Waals surface area contributed by atoms with E-state index in [1.54, 1.807) is 6.07 Å². The lowest BCUT2D eigenvalue weighted by Gasteiger charge is -2.25. The van der Waals surface area contributed by atoms with Crippen molar-refractivity contribution in [1.29, 1.82) is 0 Å². The molecule has 0 unspecified atom stereocenters. The summed E-state index contributed by atoms with van der Waals surface area (Å²) >= 11 is 0. The molecular weight excluding hydrogens is 291 g/mol. The van der Waals surface area contributed by atoms with E-state index in [9.17, 15) is 12.8 Å². The number of halogens is 1. The second kappa shape index (κ2) is 7.87. The maximum Gasteiger partial charge on any atom is 0.245 e. The molecule has 0 aliphatic rings. The quantitative estimate of drug-likeness (QED) is 0.802. The highest BCUT2D eigenvalue weighted by molar-refractivity contribution is 7.89. The fraction of sp³-hybridized carbons (Fsp3) is 0.600. The first-order chi connectivity index (χ1) is 9.88. The highest BCUT2D eigenvalue weighted by atomic mass is 32.2. The number of nitrogens with one attached hydrogen (secondary N) is 1. The number of nitrogens with zero attached hydrogens (tertiary/aromatic N) is 1. The zero-order valence-corrected chi connectivity index (χ0v) is 14.0. The molecule has 21 heavy (non-hydrogen) atoms. The Hall–Kier alpha value is -0.980. The summed E-state index contributed by atoms with van der Waals surface area (Å²) in [7, 11) is -2.28. The van der Waals surface area contributed by atoms with Gasteiger partial charge >= 0.3 is 0 Å². The summed E-state index contributed by atoms with van der Waals surface area (Å²) in [5.74, 6) is -0.691. The van der Waals surface area contributed by atoms with Crippen LogP contribution in [0.15, 0.2) is 23.1 Å². The van der Waals surface area contributed by atoms with Crippen LogP contribution in [-0.2, 0) is 16.6 Å². The first kappa shape index (κ1) is 18.1. The molecule has 0 aliphatic carbocycles. The van der Waals surface area contributed by atoms with Crippen LogP contribution >= 0.6 is 0 Å². The number of benzene rings is 1. The maximum atomic E-state index is 14.2. The van der Waals surface area contributed by atoms with E-state index in [-0.39, 0.29) is 10.9 Å². The van der Waals surface area contributed by atoms with Crippen molar-refractivity contribution in [2.45, 2.75) is 51.1 Å². The Labute approximate surface area is 127 Å². The molecule has 6 heteroatoms. The Morgan fingerprint density at radius 1 is 1.24 bits per heavy atom. The zero-order valence-electron chi connectivity index (χ0n) is 13.2. The third-order valence-corrected chi connectivity index (χ3v) is 5.63. The van der Waals surface area contributed by atoms with E-state index in [0.717, 1.165) is 12.1 Å². The van der Waals surface area contributed by atoms with E-state index in [0.29, 0.717) is 19.4 Å². The summed E-state index contributed by atoms with van der Waals surface area (Å²) in [6.07, 6.45) is 1.40. The van der Waals surface area contributed by atoms with Crippen LogP contribution in [0.3, 0.4) is 0 Å². The highest BCUT2D eigenvalue weighted by Gasteiger charge is 2.28. The Morgan fingerprint density at radius 3 is 2.33 bits per heavy atom. The molecule has 0 amide bonds. The molecule has 4 nitrogen and oxygen atoms in total. The molecule has 0 atom stereocenters. The third-order valence-electron chi connectivity index (χ3n) is 3.69. The van der Waals surface area contributed by atoms with Crippen molar-refractivity contribution >= 4 is 10.0 Å². The molecule has 0 saturated heterocycles. The first-order valence-corrected chi connectivity index (χ1v) is 8.79. The minimum atomic E-state index is -3.79. The average Bonchev–Trinajstić information content (AvgIpc) is 2.46. The number of rotatable bonds is 8. The number of hydrogen-bond acceptors (Lipinski definition) is 3. The van der Waals surface area contributed by atoms with Crippen LogP contribution in [0.4, 0.5) is 4.39 Å². The van der Waals surface area contributed by atoms with Crippen molar-refractivity contribution < 1.29 is 12.8 Å². The van der Waals surface area contributed by atoms with Gasteiger partial charge in [0.25, 0.3) is 0 Å². The minimum absolute atomic E-state index is 0.115. The van der Waals surface area contributed by atoms with Gasteiger partial charge in [-0.3, -0.25) is 0 Å². The predicted molar refractivity (Wildman–Crippen MR) is 83.1 cm³/mol. The van der Waals surface area contributed by atoms with Gasteiger partial charge in [-0.25, -0.2) is 12.8 Å². The lowest BCUT2D eigenvalue weighted by molar-refractivity contribution is 0.348. The van der Waals surface area contributed by atoms with Gasteiger partial charge in [0.05, 0.1) is 0 Å². The summed E-state index contributed by atoms with van der Waals surface area (Å²) in [4.78, 5) is -0.253. The lowest BCUT2D eigenvalue weighted by atomic mass is 10.2. The van der Waals surface area contributed by atoms with Crippen molar-refractivity contribution in [2.75, 3.05) is 13.6 Å². The van der Waals surface area contributed by atoms with Gasteiger partial charge in [-0.1, -0.05) is 26.8 Å². The van der Waals surface area contributed by atoms with Gasteiger partial charge in [-0.15, -0.1) is 0 Å². The fourth-order valence-corrected chi connectivity index (χ4v) is 3.83. The van der Waals surface area contributed by atoms with Crippen molar-refractivity contribution in [3.8, 4) is 0 Å². The number of hydrogen-bond donors (Lipinski definition) is 1. The van der Waals surface area contributed by atoms with Gasteiger partial charge in [0.1, 0.15) is 10.7 Å². The van der Waals surface area contributed by atoms with Gasteiger partial charge in [0.2, 0.25) is 10.0 Å². The molecule has 1 rings (SSSR count). The molecule has 1 N–H and O–H groups in total. The summed E-state index contributed by atoms with van der Waals surface area (Å²) in [5.41, 5.74) is 0.735. The molecule has 0 fully saturated rings. The van der Waals surface area contributed by atoms with E-state index < -0.39 is 15.8 Å². The molecule has 0 bridgehead atoms. The third kappa shape index (κ3) is 4.25. The van der Waals surface area contributed by atoms with Crippen molar-refractivity contribution in [3.63, 3.8) is 0 Å². The fourth-order valence-electron chi connectivity index (χ4n) is 2.29. The van der Waals surface area contributed by atoms with E-state index >= 15 is 0 Å². The Morgan fingerprint density at radius 2 is 1.86 bits per heavy atom. The highest BCUT2D eigenvalue weighted by Crippen LogP contribution is 2.23. The van der Waals surface area contributed by atoms with Crippen LogP contribution < -0.4 is 5.32 Å². The molecule has 0 aliphatic heterocycles. The summed E-state index contributed by atoms with van der Waals surface area (Å²) in [5, 5.41) is 3.08. The number of sulfonamides is 1. The minimum Gasteiger partial charge on any atom is -0.313 e. The monoisotopic (exact) mass is 316 g/mol. The summed E-state index contributed by atoms with van der Waals surface area (Å²) in [6.45, 7) is 7.11. The van der Waals surface area contributed by atoms with E-state index in [1.165, 1.54) is 23.5 Å². The Balaban J connectivity index is 3.08. The van der Waals surface area contributed by atoms with Gasteiger partial charge in [0.15, 0.2) is 0 Å². The van der Waals surface area contributed by atoms with Gasteiger partial charge in [-0.2, -0.15) is 4.31 Å². The van der Waals surface area contributed by atoms with E-state index in [4.69, 9.17) is 0 Å². The molecule has 0 saturated carbocycles. The van der Waals surface area contributed by atoms with Crippen molar-refractivity contribution in [3.05, 3.63) is 29.6 Å². The topological polar surface area (TPSA) is 49.4 Å². The zero-order chi connectivity index (χ0) is 16.0. The molecule has 1 aromatic rings. The normalized spacial score (nSPS) is 12.3. The van der Waals surface area contributed by atoms with E-state index in [1.807, 2.05) is 20.8 Å². The summed E-state index contributed by atoms with van der Waals surface area (Å²) in [6, 6.07) is 4.18. The van der Waals surface area contributed by atoms with Crippen LogP contribution in [0.5, 0.6) is 0 Å². The molecule has 1 aromatic carbocycles. The first-order valence-electron chi connectivity index (χ1n) is 7.35. The predicted octanol–water partition coefficient (Wildman–Crippen LogP) is 2.74. The lowest BCUT2D eigenvalue weighted by Crippen LogP contribution is -2.36. The Kier molecular flexibility index (Phi) is 6.77. The molecule has 0 radical (unpaired) electrons. The summed E-state index contributed by atoms with van der Waals surface area (Å²) < 4.78 is 40.5. The van der Waals surface area contributed by atoms with Gasteiger partial charge in [0, 0.05) is 19.6 Å². The standard InChI is InChI=1S/C15H25FN2O2S/c1-5-13(6-2)18(4)21(19,20)15-9-8-12(10-14(15)16)11-17-7-3/h8-10,13,17H,5-7,11H2,1-4H3. The van der Waals surface area contributed by atoms with Crippen molar-refractivity contribution in [1.82, 2.24) is 9.62 Å². The Bertz CT molecular complexity index is 557. The van der Waals surface area contributed by atoms with Crippen LogP contribution in [0, 0.1) is 5.82 Å². The van der Waals surface area contributed by atoms with Crippen LogP contribution in [0.1, 0.15) is 39.2 Å². The largest absolute Gasteiger partial charge is 0.313 e. The molecule has 0 spiro atoms. The smallest absolute Gasteiger partial charge is 0.245 e. The molecule has 0 aromatic heterocycles. The molecular formula is C15H25FN2O2S. The van der Waals surface area contributed by atoms with Crippen molar-refractivity contribution in [2.24, 2.45) is 0 Å². The van der Waals surface area contributed by atoms with Gasteiger partial charge in [-0.05, 0) is 37.1 Å².